The van der Waals surface area contributed by atoms with E-state index in [1.807, 2.05) is 0 Å². The van der Waals surface area contributed by atoms with E-state index in [1.165, 1.54) is 6.07 Å². The number of aliphatic hydroxyl groups excluding tert-OH is 1. The molecule has 0 radical (unpaired) electrons. The molecule has 4 rings (SSSR count). The molecule has 1 aromatic heterocycles. The normalized spacial score (nSPS) is 19.5. The predicted octanol–water partition coefficient (Wildman–Crippen LogP) is 5.09. The van der Waals surface area contributed by atoms with Crippen molar-refractivity contribution in [1.82, 2.24) is 15.0 Å². The molecule has 6 nitrogen and oxygen atoms in total. The Hall–Kier alpha value is -3.12. The van der Waals surface area contributed by atoms with Crippen molar-refractivity contribution in [2.75, 3.05) is 13.6 Å². The number of rotatable bonds is 5. The van der Waals surface area contributed by atoms with Crippen molar-refractivity contribution in [2.24, 2.45) is 0 Å². The summed E-state index contributed by atoms with van der Waals surface area (Å²) in [7, 11) is 1.76. The van der Waals surface area contributed by atoms with Crippen LogP contribution in [-0.2, 0) is 19.0 Å². The molecule has 1 fully saturated rings. The van der Waals surface area contributed by atoms with Gasteiger partial charge < -0.3 is 14.4 Å². The number of ether oxygens (including phenoxy) is 1. The highest BCUT2D eigenvalue weighted by Gasteiger charge is 2.37. The monoisotopic (exact) mass is 487 g/mol. The van der Waals surface area contributed by atoms with Crippen molar-refractivity contribution in [3.63, 3.8) is 0 Å². The number of likely N-dealkylation sites (tertiary alicyclic amines) is 1. The molecule has 1 N–H and O–H groups in total. The van der Waals surface area contributed by atoms with Crippen molar-refractivity contribution in [1.29, 1.82) is 0 Å². The quantitative estimate of drug-likeness (QED) is 0.506. The fourth-order valence-electron chi connectivity index (χ4n) is 3.72. The molecule has 12 heteroatoms. The number of aliphatic hydroxyl groups is 1. The SMILES string of the molecule is CN1CC[C@H](O)[C@H]1c1nc(-c2ccc(OCc3ccc(C(F)(F)F)cc3)c(C(F)(F)F)c2)no1. The second-order valence-electron chi connectivity index (χ2n) is 7.93. The molecule has 0 spiro atoms. The molecule has 2 atom stereocenters. The summed E-state index contributed by atoms with van der Waals surface area (Å²) in [5.74, 6) is -0.480. The van der Waals surface area contributed by atoms with E-state index in [0.29, 0.717) is 13.0 Å². The van der Waals surface area contributed by atoms with Crippen LogP contribution >= 0.6 is 0 Å². The minimum Gasteiger partial charge on any atom is -0.488 e. The molecule has 182 valence electrons. The van der Waals surface area contributed by atoms with Gasteiger partial charge >= 0.3 is 12.4 Å². The van der Waals surface area contributed by atoms with Crippen LogP contribution in [-0.4, -0.2) is 39.8 Å². The Bertz CT molecular complexity index is 1130. The second-order valence-corrected chi connectivity index (χ2v) is 7.93. The van der Waals surface area contributed by atoms with E-state index in [-0.39, 0.29) is 29.4 Å². The highest BCUT2D eigenvalue weighted by Crippen LogP contribution is 2.39. The highest BCUT2D eigenvalue weighted by molar-refractivity contribution is 5.59. The van der Waals surface area contributed by atoms with E-state index in [1.54, 1.807) is 11.9 Å². The van der Waals surface area contributed by atoms with E-state index in [4.69, 9.17) is 9.26 Å². The molecule has 2 heterocycles. The van der Waals surface area contributed by atoms with Gasteiger partial charge in [0.1, 0.15) is 18.4 Å². The summed E-state index contributed by atoms with van der Waals surface area (Å²) >= 11 is 0. The van der Waals surface area contributed by atoms with Gasteiger partial charge in [0, 0.05) is 12.1 Å². The molecular weight excluding hydrogens is 468 g/mol. The third kappa shape index (κ3) is 5.02. The predicted molar refractivity (Wildman–Crippen MR) is 107 cm³/mol. The molecule has 3 aromatic rings. The van der Waals surface area contributed by atoms with E-state index in [0.717, 1.165) is 36.4 Å². The first-order valence-corrected chi connectivity index (χ1v) is 10.2. The number of nitrogens with zero attached hydrogens (tertiary/aromatic N) is 3. The number of halogens is 6. The number of hydrogen-bond acceptors (Lipinski definition) is 6. The fourth-order valence-corrected chi connectivity index (χ4v) is 3.72. The van der Waals surface area contributed by atoms with Crippen LogP contribution in [0.3, 0.4) is 0 Å². The lowest BCUT2D eigenvalue weighted by Gasteiger charge is -2.17. The molecule has 0 saturated carbocycles. The van der Waals surface area contributed by atoms with Gasteiger partial charge in [0.25, 0.3) is 0 Å². The Balaban J connectivity index is 1.55. The van der Waals surface area contributed by atoms with E-state index < -0.39 is 41.4 Å². The Kier molecular flexibility index (Phi) is 6.30. The largest absolute Gasteiger partial charge is 0.488 e. The fraction of sp³-hybridized carbons (Fsp3) is 0.364. The molecule has 0 bridgehead atoms. The van der Waals surface area contributed by atoms with Crippen LogP contribution in [0.1, 0.15) is 35.0 Å². The van der Waals surface area contributed by atoms with Crippen LogP contribution in [0.2, 0.25) is 0 Å². The van der Waals surface area contributed by atoms with Crippen molar-refractivity contribution in [3.05, 3.63) is 65.0 Å². The lowest BCUT2D eigenvalue weighted by atomic mass is 10.1. The summed E-state index contributed by atoms with van der Waals surface area (Å²) in [5.41, 5.74) is -1.67. The number of hydrogen-bond donors (Lipinski definition) is 1. The van der Waals surface area contributed by atoms with Crippen molar-refractivity contribution in [2.45, 2.75) is 37.5 Å². The minimum atomic E-state index is -4.78. The van der Waals surface area contributed by atoms with E-state index in [2.05, 4.69) is 10.1 Å². The van der Waals surface area contributed by atoms with Crippen LogP contribution < -0.4 is 4.74 Å². The van der Waals surface area contributed by atoms with Crippen LogP contribution in [0.25, 0.3) is 11.4 Å². The third-order valence-electron chi connectivity index (χ3n) is 5.53. The standard InChI is InChI=1S/C22H19F6N3O3/c1-31-9-8-16(32)18(31)20-29-19(30-34-20)13-4-7-17(15(10-13)22(26,27)28)33-11-12-2-5-14(6-3-12)21(23,24)25/h2-7,10,16,18,32H,8-9,11H2,1H3/t16-,18-/m0/s1. The Morgan fingerprint density at radius 3 is 2.35 bits per heavy atom. The van der Waals surface area contributed by atoms with Gasteiger partial charge in [0.15, 0.2) is 0 Å². The van der Waals surface area contributed by atoms with Gasteiger partial charge in [-0.2, -0.15) is 31.3 Å². The molecule has 34 heavy (non-hydrogen) atoms. The molecule has 1 saturated heterocycles. The number of aromatic nitrogens is 2. The van der Waals surface area contributed by atoms with Crippen molar-refractivity contribution >= 4 is 0 Å². The smallest absolute Gasteiger partial charge is 0.419 e. The molecule has 0 amide bonds. The Morgan fingerprint density at radius 2 is 1.76 bits per heavy atom. The average Bonchev–Trinajstić information content (AvgIpc) is 3.37. The average molecular weight is 487 g/mol. The zero-order valence-corrected chi connectivity index (χ0v) is 17.7. The Morgan fingerprint density at radius 1 is 1.06 bits per heavy atom. The van der Waals surface area contributed by atoms with Gasteiger partial charge in [-0.15, -0.1) is 0 Å². The van der Waals surface area contributed by atoms with Gasteiger partial charge in [-0.25, -0.2) is 0 Å². The number of alkyl halides is 6. The Labute approximate surface area is 189 Å². The van der Waals surface area contributed by atoms with Crippen LogP contribution in [0.4, 0.5) is 26.3 Å². The van der Waals surface area contributed by atoms with Gasteiger partial charge in [0.05, 0.1) is 17.2 Å². The zero-order valence-electron chi connectivity index (χ0n) is 17.7. The summed E-state index contributed by atoms with van der Waals surface area (Å²) in [5, 5.41) is 13.8. The second kappa shape index (κ2) is 8.91. The van der Waals surface area contributed by atoms with Gasteiger partial charge in [-0.3, -0.25) is 4.90 Å². The molecule has 2 aromatic carbocycles. The first-order valence-electron chi connectivity index (χ1n) is 10.2. The van der Waals surface area contributed by atoms with Crippen LogP contribution in [0.5, 0.6) is 5.75 Å². The molecular formula is C22H19F6N3O3. The summed E-state index contributed by atoms with van der Waals surface area (Å²) in [6.45, 7) is 0.242. The molecule has 0 unspecified atom stereocenters. The van der Waals surface area contributed by atoms with Gasteiger partial charge in [-0.1, -0.05) is 17.3 Å². The van der Waals surface area contributed by atoms with Crippen LogP contribution in [0, 0.1) is 0 Å². The third-order valence-corrected chi connectivity index (χ3v) is 5.53. The summed E-state index contributed by atoms with van der Waals surface area (Å²) in [6.07, 6.45) is -9.52. The minimum absolute atomic E-state index is 0.0272. The van der Waals surface area contributed by atoms with Gasteiger partial charge in [0.2, 0.25) is 11.7 Å². The number of benzene rings is 2. The summed E-state index contributed by atoms with van der Waals surface area (Å²) in [4.78, 5) is 5.97. The lowest BCUT2D eigenvalue weighted by molar-refractivity contribution is -0.139. The maximum absolute atomic E-state index is 13.7. The van der Waals surface area contributed by atoms with Crippen molar-refractivity contribution < 1.29 is 40.7 Å². The summed E-state index contributed by atoms with van der Waals surface area (Å²) in [6, 6.07) is 6.62. The van der Waals surface area contributed by atoms with E-state index in [9.17, 15) is 31.4 Å². The molecule has 0 aliphatic carbocycles. The maximum Gasteiger partial charge on any atom is 0.419 e. The number of likely N-dealkylation sites (N-methyl/N-ethyl adjacent to an activating group) is 1. The zero-order chi connectivity index (χ0) is 24.7. The summed E-state index contributed by atoms with van der Waals surface area (Å²) < 4.78 is 89.6. The molecule has 1 aliphatic rings. The molecule has 1 aliphatic heterocycles. The first kappa shape index (κ1) is 24.0. The highest BCUT2D eigenvalue weighted by atomic mass is 19.4. The van der Waals surface area contributed by atoms with E-state index >= 15 is 0 Å². The topological polar surface area (TPSA) is 71.6 Å². The maximum atomic E-state index is 13.7. The lowest BCUT2D eigenvalue weighted by Crippen LogP contribution is -2.23. The van der Waals surface area contributed by atoms with Crippen molar-refractivity contribution in [3.8, 4) is 17.1 Å². The first-order chi connectivity index (χ1) is 15.9. The van der Waals surface area contributed by atoms with Gasteiger partial charge in [-0.05, 0) is 49.4 Å². The van der Waals surface area contributed by atoms with Crippen LogP contribution in [0.15, 0.2) is 47.0 Å².